The van der Waals surface area contributed by atoms with Crippen molar-refractivity contribution in [1.29, 1.82) is 0 Å². The highest BCUT2D eigenvalue weighted by atomic mass is 32.1. The molecule has 3 heteroatoms. The first-order valence-electron chi connectivity index (χ1n) is 6.37. The van der Waals surface area contributed by atoms with E-state index < -0.39 is 0 Å². The Hall–Kier alpha value is -1.61. The fraction of sp³-hybridized carbons (Fsp3) is 0.312. The van der Waals surface area contributed by atoms with E-state index in [0.717, 1.165) is 33.6 Å². The predicted molar refractivity (Wildman–Crippen MR) is 80.1 cm³/mol. The van der Waals surface area contributed by atoms with E-state index in [-0.39, 0.29) is 5.41 Å². The summed E-state index contributed by atoms with van der Waals surface area (Å²) in [6, 6.07) is 9.43. The summed E-state index contributed by atoms with van der Waals surface area (Å²) < 4.78 is 0. The van der Waals surface area contributed by atoms with Crippen LogP contribution in [0.25, 0.3) is 10.4 Å². The number of benzene rings is 1. The van der Waals surface area contributed by atoms with Crippen molar-refractivity contribution in [2.75, 3.05) is 0 Å². The van der Waals surface area contributed by atoms with Gasteiger partial charge in [-0.15, -0.1) is 11.3 Å². The molecule has 19 heavy (non-hydrogen) atoms. The Morgan fingerprint density at radius 2 is 2.00 bits per heavy atom. The number of thiophene rings is 1. The number of phenols is 1. The van der Waals surface area contributed by atoms with Crippen LogP contribution < -0.4 is 0 Å². The van der Waals surface area contributed by atoms with Gasteiger partial charge in [-0.25, -0.2) is 0 Å². The topological polar surface area (TPSA) is 37.3 Å². The number of phenolic OH excluding ortho intramolecular Hbond substituents is 1. The van der Waals surface area contributed by atoms with Crippen LogP contribution in [0.15, 0.2) is 30.3 Å². The molecule has 1 heterocycles. The van der Waals surface area contributed by atoms with Crippen molar-refractivity contribution >= 4 is 17.6 Å². The first kappa shape index (κ1) is 13.8. The fourth-order valence-electron chi connectivity index (χ4n) is 1.99. The van der Waals surface area contributed by atoms with Crippen LogP contribution in [0, 0.1) is 0 Å². The molecule has 0 aliphatic carbocycles. The Morgan fingerprint density at radius 3 is 2.58 bits per heavy atom. The van der Waals surface area contributed by atoms with Gasteiger partial charge in [-0.3, -0.25) is 4.79 Å². The highest BCUT2D eigenvalue weighted by molar-refractivity contribution is 7.17. The first-order chi connectivity index (χ1) is 8.97. The molecule has 0 atom stereocenters. The summed E-state index contributed by atoms with van der Waals surface area (Å²) in [6.45, 7) is 6.36. The van der Waals surface area contributed by atoms with Gasteiger partial charge in [0.25, 0.3) is 0 Å². The van der Waals surface area contributed by atoms with Crippen LogP contribution in [-0.2, 0) is 5.41 Å². The highest BCUT2D eigenvalue weighted by Crippen LogP contribution is 2.37. The maximum Gasteiger partial charge on any atom is 0.160 e. The molecule has 0 bridgehead atoms. The average molecular weight is 274 g/mol. The summed E-state index contributed by atoms with van der Waals surface area (Å²) in [7, 11) is 0. The minimum Gasteiger partial charge on any atom is -0.508 e. The van der Waals surface area contributed by atoms with Gasteiger partial charge in [0.05, 0.1) is 4.88 Å². The Balaban J connectivity index is 2.49. The molecule has 0 aliphatic heterocycles. The van der Waals surface area contributed by atoms with E-state index in [2.05, 4.69) is 20.8 Å². The number of carbonyl (C=O) groups is 1. The van der Waals surface area contributed by atoms with Crippen LogP contribution in [0.3, 0.4) is 0 Å². The summed E-state index contributed by atoms with van der Waals surface area (Å²) in [6.07, 6.45) is 1.82. The Labute approximate surface area is 117 Å². The van der Waals surface area contributed by atoms with Gasteiger partial charge in [-0.05, 0) is 47.7 Å². The number of hydrogen-bond acceptors (Lipinski definition) is 3. The molecule has 0 radical (unpaired) electrons. The lowest BCUT2D eigenvalue weighted by atomic mass is 9.81. The monoisotopic (exact) mass is 274 g/mol. The molecule has 100 valence electrons. The normalized spacial score (nSPS) is 11.5. The van der Waals surface area contributed by atoms with Crippen molar-refractivity contribution < 1.29 is 9.90 Å². The van der Waals surface area contributed by atoms with Gasteiger partial charge in [0.15, 0.2) is 6.29 Å². The lowest BCUT2D eigenvalue weighted by Crippen LogP contribution is -2.15. The number of rotatable bonds is 4. The van der Waals surface area contributed by atoms with Gasteiger partial charge in [-0.2, -0.15) is 0 Å². The molecule has 0 saturated carbocycles. The molecule has 1 aromatic carbocycles. The van der Waals surface area contributed by atoms with Crippen LogP contribution in [0.2, 0.25) is 0 Å². The molecule has 0 fully saturated rings. The molecular weight excluding hydrogens is 256 g/mol. The van der Waals surface area contributed by atoms with E-state index in [1.54, 1.807) is 6.07 Å². The van der Waals surface area contributed by atoms with Gasteiger partial charge in [0.2, 0.25) is 0 Å². The highest BCUT2D eigenvalue weighted by Gasteiger charge is 2.22. The molecule has 0 amide bonds. The maximum absolute atomic E-state index is 10.7. The van der Waals surface area contributed by atoms with Gasteiger partial charge < -0.3 is 5.11 Å². The second-order valence-corrected chi connectivity index (χ2v) is 6.40. The second kappa shape index (κ2) is 5.17. The van der Waals surface area contributed by atoms with Crippen molar-refractivity contribution in [3.05, 3.63) is 40.8 Å². The molecule has 2 nitrogen and oxygen atoms in total. The number of aromatic hydroxyl groups is 1. The standard InChI is InChI=1S/C16H18O2S/c1-4-16(2,3)13-9-11(5-7-14(13)18)15-8-6-12(10-17)19-15/h5-10,18H,4H2,1-3H3. The quantitative estimate of drug-likeness (QED) is 0.826. The lowest BCUT2D eigenvalue weighted by Gasteiger charge is -2.24. The molecule has 2 aromatic rings. The van der Waals surface area contributed by atoms with Crippen LogP contribution in [0.1, 0.15) is 42.4 Å². The summed E-state index contributed by atoms with van der Waals surface area (Å²) in [5.41, 5.74) is 1.94. The molecule has 0 unspecified atom stereocenters. The third-order valence-electron chi connectivity index (χ3n) is 3.64. The van der Waals surface area contributed by atoms with Gasteiger partial charge >= 0.3 is 0 Å². The summed E-state index contributed by atoms with van der Waals surface area (Å²) >= 11 is 1.47. The lowest BCUT2D eigenvalue weighted by molar-refractivity contribution is 0.112. The molecule has 1 aromatic heterocycles. The largest absolute Gasteiger partial charge is 0.508 e. The molecular formula is C16H18O2S. The zero-order chi connectivity index (χ0) is 14.0. The first-order valence-corrected chi connectivity index (χ1v) is 7.18. The Morgan fingerprint density at radius 1 is 1.26 bits per heavy atom. The van der Waals surface area contributed by atoms with Crippen LogP contribution in [-0.4, -0.2) is 11.4 Å². The zero-order valence-electron chi connectivity index (χ0n) is 11.4. The number of aldehydes is 1. The minimum atomic E-state index is -0.0646. The van der Waals surface area contributed by atoms with Crippen molar-refractivity contribution in [1.82, 2.24) is 0 Å². The predicted octanol–water partition coefficient (Wildman–Crippen LogP) is 4.62. The molecule has 0 spiro atoms. The van der Waals surface area contributed by atoms with Crippen molar-refractivity contribution in [2.45, 2.75) is 32.6 Å². The van der Waals surface area contributed by atoms with E-state index in [0.29, 0.717) is 5.75 Å². The SMILES string of the molecule is CCC(C)(C)c1cc(-c2ccc(C=O)s2)ccc1O. The second-order valence-electron chi connectivity index (χ2n) is 5.29. The number of hydrogen-bond donors (Lipinski definition) is 1. The van der Waals surface area contributed by atoms with Gasteiger partial charge in [0, 0.05) is 10.4 Å². The minimum absolute atomic E-state index is 0.0646. The zero-order valence-corrected chi connectivity index (χ0v) is 12.3. The molecule has 1 N–H and O–H groups in total. The van der Waals surface area contributed by atoms with Crippen molar-refractivity contribution in [2.24, 2.45) is 0 Å². The van der Waals surface area contributed by atoms with Crippen LogP contribution >= 0.6 is 11.3 Å². The van der Waals surface area contributed by atoms with Gasteiger partial charge in [-0.1, -0.05) is 20.8 Å². The fourth-order valence-corrected chi connectivity index (χ4v) is 2.81. The van der Waals surface area contributed by atoms with Crippen molar-refractivity contribution in [3.8, 4) is 16.2 Å². The van der Waals surface area contributed by atoms with E-state index in [1.807, 2.05) is 24.3 Å². The van der Waals surface area contributed by atoms with Crippen LogP contribution in [0.5, 0.6) is 5.75 Å². The molecule has 0 aliphatic rings. The van der Waals surface area contributed by atoms with E-state index in [4.69, 9.17) is 0 Å². The third kappa shape index (κ3) is 2.71. The van der Waals surface area contributed by atoms with E-state index in [1.165, 1.54) is 11.3 Å². The Kier molecular flexibility index (Phi) is 3.76. The Bertz CT molecular complexity index is 597. The summed E-state index contributed by atoms with van der Waals surface area (Å²) in [5.74, 6) is 0.336. The van der Waals surface area contributed by atoms with Crippen molar-refractivity contribution in [3.63, 3.8) is 0 Å². The van der Waals surface area contributed by atoms with Crippen LogP contribution in [0.4, 0.5) is 0 Å². The van der Waals surface area contributed by atoms with Gasteiger partial charge in [0.1, 0.15) is 5.75 Å². The molecule has 2 rings (SSSR count). The third-order valence-corrected chi connectivity index (χ3v) is 4.70. The van der Waals surface area contributed by atoms with E-state index >= 15 is 0 Å². The smallest absolute Gasteiger partial charge is 0.160 e. The summed E-state index contributed by atoms with van der Waals surface area (Å²) in [4.78, 5) is 12.5. The summed E-state index contributed by atoms with van der Waals surface area (Å²) in [5, 5.41) is 10.0. The number of carbonyl (C=O) groups excluding carboxylic acids is 1. The molecule has 0 saturated heterocycles. The average Bonchev–Trinajstić information content (AvgIpc) is 2.88. The van der Waals surface area contributed by atoms with E-state index in [9.17, 15) is 9.90 Å². The maximum atomic E-state index is 10.7.